The molecule has 13 rings (SSSR count). The summed E-state index contributed by atoms with van der Waals surface area (Å²) in [6.07, 6.45) is 0. The van der Waals surface area contributed by atoms with Crippen molar-refractivity contribution in [3.8, 4) is 66.8 Å². The van der Waals surface area contributed by atoms with E-state index in [0.29, 0.717) is 0 Å². The summed E-state index contributed by atoms with van der Waals surface area (Å²) >= 11 is 1.88. The van der Waals surface area contributed by atoms with Crippen LogP contribution in [0.4, 0.5) is 17.1 Å². The molecule has 298 valence electrons. The maximum atomic E-state index is 2.44. The van der Waals surface area contributed by atoms with E-state index < -0.39 is 0 Å². The van der Waals surface area contributed by atoms with Crippen molar-refractivity contribution >= 4 is 70.1 Å². The van der Waals surface area contributed by atoms with Gasteiger partial charge in [-0.25, -0.2) is 0 Å². The van der Waals surface area contributed by atoms with E-state index in [4.69, 9.17) is 0 Å². The van der Waals surface area contributed by atoms with Gasteiger partial charge in [0.1, 0.15) is 0 Å². The predicted molar refractivity (Wildman–Crippen MR) is 275 cm³/mol. The minimum absolute atomic E-state index is 1.11. The van der Waals surface area contributed by atoms with Crippen LogP contribution >= 0.6 is 11.3 Å². The second-order valence-corrected chi connectivity index (χ2v) is 17.8. The number of fused-ring (bicyclic) bond motifs is 9. The van der Waals surface area contributed by atoms with Crippen molar-refractivity contribution in [3.63, 3.8) is 0 Å². The third-order valence-electron chi connectivity index (χ3n) is 13.2. The summed E-state index contributed by atoms with van der Waals surface area (Å²) in [6, 6.07) is 86.9. The number of rotatable bonds is 7. The summed E-state index contributed by atoms with van der Waals surface area (Å²) in [5, 5.41) is 7.65. The fourth-order valence-corrected chi connectivity index (χ4v) is 11.4. The SMILES string of the molecule is c1ccc(-c2ccc(N(c3ccc(-c4cccc5c4sc4ccccc45)cc3)c3ccc4cc5c(cc4c3)-c3c-5c(-c4ccccc4)c4ccccc4c3-c3ccccc3)cc2)cc1. The van der Waals surface area contributed by atoms with Crippen LogP contribution < -0.4 is 4.90 Å². The zero-order valence-corrected chi connectivity index (χ0v) is 35.7. The lowest BCUT2D eigenvalue weighted by Crippen LogP contribution is -2.10. The van der Waals surface area contributed by atoms with E-state index in [1.807, 2.05) is 11.3 Å². The first-order valence-electron chi connectivity index (χ1n) is 22.0. The van der Waals surface area contributed by atoms with Gasteiger partial charge >= 0.3 is 0 Å². The molecule has 64 heavy (non-hydrogen) atoms. The lowest BCUT2D eigenvalue weighted by molar-refractivity contribution is 1.29. The first kappa shape index (κ1) is 36.6. The van der Waals surface area contributed by atoms with Crippen LogP contribution in [-0.4, -0.2) is 0 Å². The molecule has 1 aliphatic carbocycles. The van der Waals surface area contributed by atoms with Gasteiger partial charge in [-0.2, -0.15) is 0 Å². The van der Waals surface area contributed by atoms with Gasteiger partial charge in [-0.15, -0.1) is 11.3 Å². The van der Waals surface area contributed by atoms with E-state index in [2.05, 4.69) is 241 Å². The Hall–Kier alpha value is -8.04. The first-order valence-corrected chi connectivity index (χ1v) is 22.8. The highest BCUT2D eigenvalue weighted by Crippen LogP contribution is 2.60. The zero-order chi connectivity index (χ0) is 42.1. The average Bonchev–Trinajstić information content (AvgIpc) is 3.75. The lowest BCUT2D eigenvalue weighted by Gasteiger charge is -2.33. The Bertz CT molecular complexity index is 3740. The van der Waals surface area contributed by atoms with Crippen molar-refractivity contribution in [2.75, 3.05) is 4.90 Å². The van der Waals surface area contributed by atoms with Crippen molar-refractivity contribution in [1.29, 1.82) is 0 Å². The van der Waals surface area contributed by atoms with E-state index in [0.717, 1.165) is 17.1 Å². The highest BCUT2D eigenvalue weighted by molar-refractivity contribution is 7.26. The van der Waals surface area contributed by atoms with Gasteiger partial charge < -0.3 is 4.90 Å². The highest BCUT2D eigenvalue weighted by Gasteiger charge is 2.32. The Morgan fingerprint density at radius 1 is 0.266 bits per heavy atom. The number of hydrogen-bond acceptors (Lipinski definition) is 2. The minimum atomic E-state index is 1.11. The summed E-state index contributed by atoms with van der Waals surface area (Å²) in [6.45, 7) is 0. The molecule has 0 unspecified atom stereocenters. The molecule has 1 aromatic heterocycles. The second-order valence-electron chi connectivity index (χ2n) is 16.8. The maximum absolute atomic E-state index is 2.44. The standard InChI is InChI=1S/C62H39NS/c1-4-15-40(16-5-1)41-27-32-47(33-28-41)63(48-34-29-42(30-35-48)50-24-14-25-54-51-21-12-13-26-57(51)64-62(50)54)49-36-31-45-38-55-56(39-46(45)37-49)61-59(44-19-8-3-9-20-44)53-23-11-10-22-52(53)58(60(55)61)43-17-6-2-7-18-43/h1-39H. The number of thiophene rings is 1. The van der Waals surface area contributed by atoms with E-state index in [1.54, 1.807) is 0 Å². The summed E-state index contributed by atoms with van der Waals surface area (Å²) in [4.78, 5) is 2.40. The van der Waals surface area contributed by atoms with Crippen molar-refractivity contribution in [1.82, 2.24) is 0 Å². The molecule has 1 heterocycles. The quantitative estimate of drug-likeness (QED) is 0.155. The monoisotopic (exact) mass is 829 g/mol. The molecule has 0 fully saturated rings. The van der Waals surface area contributed by atoms with Crippen molar-refractivity contribution in [3.05, 3.63) is 237 Å². The van der Waals surface area contributed by atoms with E-state index in [1.165, 1.54) is 108 Å². The largest absolute Gasteiger partial charge is 0.310 e. The highest BCUT2D eigenvalue weighted by atomic mass is 32.1. The zero-order valence-electron chi connectivity index (χ0n) is 34.9. The van der Waals surface area contributed by atoms with Crippen LogP contribution in [0.2, 0.25) is 0 Å². The summed E-state index contributed by atoms with van der Waals surface area (Å²) < 4.78 is 2.65. The van der Waals surface area contributed by atoms with E-state index in [9.17, 15) is 0 Å². The fourth-order valence-electron chi connectivity index (χ4n) is 10.2. The Balaban J connectivity index is 0.968. The molecule has 0 N–H and O–H groups in total. The Morgan fingerprint density at radius 3 is 1.34 bits per heavy atom. The fraction of sp³-hybridized carbons (Fsp3) is 0. The normalized spacial score (nSPS) is 11.8. The molecule has 0 saturated carbocycles. The molecule has 0 spiro atoms. The van der Waals surface area contributed by atoms with Gasteiger partial charge in [-0.3, -0.25) is 0 Å². The molecule has 12 aromatic rings. The maximum Gasteiger partial charge on any atom is 0.0468 e. The minimum Gasteiger partial charge on any atom is -0.310 e. The Morgan fingerprint density at radius 2 is 0.734 bits per heavy atom. The van der Waals surface area contributed by atoms with Crippen molar-refractivity contribution in [2.45, 2.75) is 0 Å². The molecule has 11 aromatic carbocycles. The third-order valence-corrected chi connectivity index (χ3v) is 14.4. The molecule has 2 heteroatoms. The third kappa shape index (κ3) is 5.84. The molecule has 1 aliphatic rings. The predicted octanol–water partition coefficient (Wildman–Crippen LogP) is 18.1. The summed E-state index contributed by atoms with van der Waals surface area (Å²) in [5.74, 6) is 0. The van der Waals surface area contributed by atoms with Gasteiger partial charge in [0, 0.05) is 37.2 Å². The molecular weight excluding hydrogens is 791 g/mol. The number of hydrogen-bond donors (Lipinski definition) is 0. The molecular formula is C62H39NS. The summed E-state index contributed by atoms with van der Waals surface area (Å²) in [5.41, 5.74) is 18.6. The van der Waals surface area contributed by atoms with Crippen LogP contribution in [0.15, 0.2) is 237 Å². The molecule has 0 radical (unpaired) electrons. The second kappa shape index (κ2) is 14.8. The average molecular weight is 830 g/mol. The van der Waals surface area contributed by atoms with Gasteiger partial charge in [0.15, 0.2) is 0 Å². The Kier molecular flexibility index (Phi) is 8.47. The van der Waals surface area contributed by atoms with Crippen molar-refractivity contribution in [2.24, 2.45) is 0 Å². The lowest BCUT2D eigenvalue weighted by atomic mass is 9.70. The van der Waals surface area contributed by atoms with Gasteiger partial charge in [-0.1, -0.05) is 182 Å². The van der Waals surface area contributed by atoms with Gasteiger partial charge in [0.25, 0.3) is 0 Å². The number of nitrogens with zero attached hydrogens (tertiary/aromatic N) is 1. The van der Waals surface area contributed by atoms with Crippen LogP contribution in [0.3, 0.4) is 0 Å². The number of benzene rings is 11. The van der Waals surface area contributed by atoms with Crippen LogP contribution in [0.1, 0.15) is 0 Å². The van der Waals surface area contributed by atoms with E-state index in [-0.39, 0.29) is 0 Å². The topological polar surface area (TPSA) is 3.24 Å². The molecule has 0 aliphatic heterocycles. The van der Waals surface area contributed by atoms with Gasteiger partial charge in [0.2, 0.25) is 0 Å². The van der Waals surface area contributed by atoms with Crippen molar-refractivity contribution < 1.29 is 0 Å². The van der Waals surface area contributed by atoms with E-state index >= 15 is 0 Å². The number of anilines is 3. The molecule has 0 saturated heterocycles. The van der Waals surface area contributed by atoms with Gasteiger partial charge in [0.05, 0.1) is 0 Å². The van der Waals surface area contributed by atoms with Crippen LogP contribution in [0.25, 0.3) is 108 Å². The van der Waals surface area contributed by atoms with Gasteiger partial charge in [-0.05, 0) is 143 Å². The molecule has 0 atom stereocenters. The first-order chi connectivity index (χ1) is 31.7. The molecule has 1 nitrogen and oxygen atoms in total. The van der Waals surface area contributed by atoms with Crippen LogP contribution in [-0.2, 0) is 0 Å². The summed E-state index contributed by atoms with van der Waals surface area (Å²) in [7, 11) is 0. The smallest absolute Gasteiger partial charge is 0.0468 e. The van der Waals surface area contributed by atoms with Crippen LogP contribution in [0, 0.1) is 0 Å². The van der Waals surface area contributed by atoms with Crippen LogP contribution in [0.5, 0.6) is 0 Å². The molecule has 0 amide bonds. The Labute approximate surface area is 376 Å². The molecule has 0 bridgehead atoms.